The standard InChI is InChI=1S/C22H21Cl2F3N4O3/c1-32-15-7-16(33-2)20(24)18(19(15)23)14-5-11-8-28-17(30-12-3-4-34-9-12)6-13(11)21(31-14)29-10-22(25,26)27/h5-8,12H,3-4,9-10H2,1-2H3,(H,28,30)(H,29,31). The number of aromatic nitrogens is 2. The molecule has 0 spiro atoms. The van der Waals surface area contributed by atoms with Gasteiger partial charge in [0.2, 0.25) is 0 Å². The first-order valence-corrected chi connectivity index (χ1v) is 11.0. The molecule has 0 bridgehead atoms. The lowest BCUT2D eigenvalue weighted by Gasteiger charge is -2.18. The number of hydrogen-bond donors (Lipinski definition) is 2. The van der Waals surface area contributed by atoms with Crippen molar-refractivity contribution in [1.82, 2.24) is 9.97 Å². The summed E-state index contributed by atoms with van der Waals surface area (Å²) in [5.74, 6) is 1.07. The monoisotopic (exact) mass is 516 g/mol. The molecule has 1 aromatic carbocycles. The van der Waals surface area contributed by atoms with E-state index >= 15 is 0 Å². The molecule has 1 fully saturated rings. The van der Waals surface area contributed by atoms with Crippen molar-refractivity contribution >= 4 is 45.6 Å². The maximum atomic E-state index is 13.0. The highest BCUT2D eigenvalue weighted by Gasteiger charge is 2.28. The van der Waals surface area contributed by atoms with E-state index in [1.807, 2.05) is 0 Å². The van der Waals surface area contributed by atoms with E-state index in [0.29, 0.717) is 29.8 Å². The number of halogens is 5. The van der Waals surface area contributed by atoms with Crippen LogP contribution >= 0.6 is 23.2 Å². The molecule has 4 rings (SSSR count). The third kappa shape index (κ3) is 5.18. The molecule has 3 aromatic rings. The van der Waals surface area contributed by atoms with Gasteiger partial charge in [-0.25, -0.2) is 9.97 Å². The van der Waals surface area contributed by atoms with Gasteiger partial charge in [-0.2, -0.15) is 13.2 Å². The molecule has 7 nitrogen and oxygen atoms in total. The molecular formula is C22H21Cl2F3N4O3. The number of fused-ring (bicyclic) bond motifs is 1. The van der Waals surface area contributed by atoms with E-state index in [1.165, 1.54) is 20.3 Å². The van der Waals surface area contributed by atoms with E-state index in [4.69, 9.17) is 37.4 Å². The highest BCUT2D eigenvalue weighted by molar-refractivity contribution is 6.41. The van der Waals surface area contributed by atoms with E-state index in [0.717, 1.165) is 6.42 Å². The van der Waals surface area contributed by atoms with Crippen LogP contribution in [-0.2, 0) is 4.74 Å². The first-order chi connectivity index (χ1) is 16.2. The summed E-state index contributed by atoms with van der Waals surface area (Å²) < 4.78 is 55.1. The number of ether oxygens (including phenoxy) is 3. The van der Waals surface area contributed by atoms with Crippen LogP contribution in [0, 0.1) is 0 Å². The number of nitrogens with zero attached hydrogens (tertiary/aromatic N) is 2. The van der Waals surface area contributed by atoms with Crippen molar-refractivity contribution in [3.8, 4) is 22.8 Å². The Kier molecular flexibility index (Phi) is 7.11. The maximum Gasteiger partial charge on any atom is 0.405 e. The molecule has 3 heterocycles. The van der Waals surface area contributed by atoms with Gasteiger partial charge in [-0.15, -0.1) is 0 Å². The molecule has 1 aliphatic rings. The van der Waals surface area contributed by atoms with E-state index < -0.39 is 12.7 Å². The van der Waals surface area contributed by atoms with Crippen LogP contribution in [0.1, 0.15) is 6.42 Å². The van der Waals surface area contributed by atoms with Crippen LogP contribution in [-0.4, -0.2) is 56.2 Å². The Morgan fingerprint density at radius 1 is 1.12 bits per heavy atom. The van der Waals surface area contributed by atoms with Crippen LogP contribution in [0.15, 0.2) is 24.4 Å². The van der Waals surface area contributed by atoms with Crippen LogP contribution in [0.4, 0.5) is 24.8 Å². The zero-order chi connectivity index (χ0) is 24.5. The van der Waals surface area contributed by atoms with Crippen LogP contribution in [0.2, 0.25) is 10.0 Å². The summed E-state index contributed by atoms with van der Waals surface area (Å²) >= 11 is 13.0. The number of anilines is 2. The second kappa shape index (κ2) is 9.89. The maximum absolute atomic E-state index is 13.0. The fourth-order valence-electron chi connectivity index (χ4n) is 3.64. The molecule has 0 saturated carbocycles. The number of pyridine rings is 2. The van der Waals surface area contributed by atoms with Crippen LogP contribution in [0.25, 0.3) is 22.0 Å². The predicted molar refractivity (Wildman–Crippen MR) is 125 cm³/mol. The summed E-state index contributed by atoms with van der Waals surface area (Å²) in [5, 5.41) is 6.91. The number of nitrogens with one attached hydrogen (secondary N) is 2. The minimum absolute atomic E-state index is 0.00636. The van der Waals surface area contributed by atoms with Gasteiger partial charge in [0.15, 0.2) is 0 Å². The van der Waals surface area contributed by atoms with Crippen molar-refractivity contribution in [1.29, 1.82) is 0 Å². The summed E-state index contributed by atoms with van der Waals surface area (Å²) in [6.07, 6.45) is -2.09. The van der Waals surface area contributed by atoms with Gasteiger partial charge in [-0.1, -0.05) is 23.2 Å². The van der Waals surface area contributed by atoms with E-state index in [-0.39, 0.29) is 44.7 Å². The highest BCUT2D eigenvalue weighted by atomic mass is 35.5. The normalized spacial score (nSPS) is 16.0. The number of alkyl halides is 3. The molecule has 12 heteroatoms. The quantitative estimate of drug-likeness (QED) is 0.411. The van der Waals surface area contributed by atoms with Crippen molar-refractivity contribution in [2.45, 2.75) is 18.6 Å². The van der Waals surface area contributed by atoms with Gasteiger partial charge in [-0.05, 0) is 18.6 Å². The number of hydrogen-bond acceptors (Lipinski definition) is 7. The van der Waals surface area contributed by atoms with Crippen molar-refractivity contribution < 1.29 is 27.4 Å². The lowest BCUT2D eigenvalue weighted by atomic mass is 10.1. The molecule has 34 heavy (non-hydrogen) atoms. The fourth-order valence-corrected chi connectivity index (χ4v) is 4.33. The number of methoxy groups -OCH3 is 2. The lowest BCUT2D eigenvalue weighted by Crippen LogP contribution is -2.22. The van der Waals surface area contributed by atoms with Gasteiger partial charge in [0, 0.05) is 35.2 Å². The minimum Gasteiger partial charge on any atom is -0.495 e. The van der Waals surface area contributed by atoms with Gasteiger partial charge in [-0.3, -0.25) is 0 Å². The third-order valence-corrected chi connectivity index (χ3v) is 6.03. The average Bonchev–Trinajstić information content (AvgIpc) is 3.30. The second-order valence-electron chi connectivity index (χ2n) is 7.60. The Morgan fingerprint density at radius 3 is 2.41 bits per heavy atom. The minimum atomic E-state index is -4.45. The number of rotatable bonds is 7. The largest absolute Gasteiger partial charge is 0.495 e. The Morgan fingerprint density at radius 2 is 1.82 bits per heavy atom. The Hall–Kier alpha value is -2.69. The molecule has 182 valence electrons. The van der Waals surface area contributed by atoms with E-state index in [2.05, 4.69) is 20.6 Å². The molecule has 0 radical (unpaired) electrons. The van der Waals surface area contributed by atoms with Gasteiger partial charge in [0.05, 0.1) is 42.6 Å². The van der Waals surface area contributed by atoms with Crippen molar-refractivity contribution in [3.63, 3.8) is 0 Å². The summed E-state index contributed by atoms with van der Waals surface area (Å²) in [4.78, 5) is 8.86. The Bertz CT molecular complexity index is 1180. The van der Waals surface area contributed by atoms with Crippen LogP contribution in [0.5, 0.6) is 11.5 Å². The highest BCUT2D eigenvalue weighted by Crippen LogP contribution is 2.46. The van der Waals surface area contributed by atoms with Gasteiger partial charge >= 0.3 is 6.18 Å². The summed E-state index contributed by atoms with van der Waals surface area (Å²) in [7, 11) is 2.85. The molecule has 1 atom stereocenters. The summed E-state index contributed by atoms with van der Waals surface area (Å²) in [6, 6.07) is 4.89. The average molecular weight is 517 g/mol. The summed E-state index contributed by atoms with van der Waals surface area (Å²) in [6.45, 7) is -0.103. The van der Waals surface area contributed by atoms with E-state index in [1.54, 1.807) is 18.3 Å². The van der Waals surface area contributed by atoms with Gasteiger partial charge in [0.1, 0.15) is 29.7 Å². The molecule has 1 aliphatic heterocycles. The SMILES string of the molecule is COc1cc(OC)c(Cl)c(-c2cc3cnc(NC4CCOC4)cc3c(NCC(F)(F)F)n2)c1Cl. The van der Waals surface area contributed by atoms with Crippen LogP contribution < -0.4 is 20.1 Å². The van der Waals surface area contributed by atoms with Gasteiger partial charge in [0.25, 0.3) is 0 Å². The van der Waals surface area contributed by atoms with Crippen molar-refractivity contribution in [2.75, 3.05) is 44.6 Å². The van der Waals surface area contributed by atoms with Crippen molar-refractivity contribution in [3.05, 3.63) is 34.4 Å². The molecule has 2 aromatic heterocycles. The topological polar surface area (TPSA) is 77.5 Å². The molecule has 2 N–H and O–H groups in total. The zero-order valence-corrected chi connectivity index (χ0v) is 19.7. The third-order valence-electron chi connectivity index (χ3n) is 5.28. The van der Waals surface area contributed by atoms with Gasteiger partial charge < -0.3 is 24.8 Å². The zero-order valence-electron chi connectivity index (χ0n) is 18.2. The predicted octanol–water partition coefficient (Wildman–Crippen LogP) is 5.80. The Labute approximate surface area is 203 Å². The molecular weight excluding hydrogens is 496 g/mol. The number of benzene rings is 1. The first-order valence-electron chi connectivity index (χ1n) is 10.3. The van der Waals surface area contributed by atoms with Crippen molar-refractivity contribution in [2.24, 2.45) is 0 Å². The molecule has 0 aliphatic carbocycles. The van der Waals surface area contributed by atoms with Crippen LogP contribution in [0.3, 0.4) is 0 Å². The smallest absolute Gasteiger partial charge is 0.405 e. The second-order valence-corrected chi connectivity index (χ2v) is 8.36. The first kappa shape index (κ1) is 24.4. The fraction of sp³-hybridized carbons (Fsp3) is 0.364. The van der Waals surface area contributed by atoms with E-state index in [9.17, 15) is 13.2 Å². The summed E-state index contributed by atoms with van der Waals surface area (Å²) in [5.41, 5.74) is 0.498. The molecule has 0 amide bonds. The molecule has 1 unspecified atom stereocenters. The molecule has 1 saturated heterocycles. The lowest BCUT2D eigenvalue weighted by molar-refractivity contribution is -0.115. The Balaban J connectivity index is 1.85.